The molecule has 0 radical (unpaired) electrons. The van der Waals surface area contributed by atoms with Gasteiger partial charge in [-0.25, -0.2) is 0 Å². The predicted octanol–water partition coefficient (Wildman–Crippen LogP) is 1.53. The zero-order valence-electron chi connectivity index (χ0n) is 11.6. The molecule has 0 aliphatic carbocycles. The van der Waals surface area contributed by atoms with Gasteiger partial charge in [-0.3, -0.25) is 0 Å². The Morgan fingerprint density at radius 3 is 2.76 bits per heavy atom. The third-order valence-electron chi connectivity index (χ3n) is 4.47. The first-order valence-electron chi connectivity index (χ1n) is 7.33. The molecule has 0 spiro atoms. The number of hydrogen-bond donors (Lipinski definition) is 1. The molecule has 0 aromatic heterocycles. The maximum absolute atomic E-state index is 6.10. The Balaban J connectivity index is 1.73. The van der Waals surface area contributed by atoms with Crippen molar-refractivity contribution in [3.8, 4) is 0 Å². The van der Waals surface area contributed by atoms with Gasteiger partial charge in [-0.05, 0) is 51.7 Å². The molecule has 0 aromatic carbocycles. The Morgan fingerprint density at radius 1 is 1.24 bits per heavy atom. The largest absolute Gasteiger partial charge is 0.327 e. The molecule has 2 aliphatic heterocycles. The highest BCUT2D eigenvalue weighted by atomic mass is 15.2. The van der Waals surface area contributed by atoms with E-state index in [1.54, 1.807) is 0 Å². The highest BCUT2D eigenvalue weighted by Gasteiger charge is 2.24. The Bertz CT molecular complexity index is 222. The van der Waals surface area contributed by atoms with Crippen molar-refractivity contribution >= 4 is 0 Å². The van der Waals surface area contributed by atoms with Crippen LogP contribution in [-0.2, 0) is 0 Å². The van der Waals surface area contributed by atoms with Crippen molar-refractivity contribution in [2.75, 3.05) is 33.2 Å². The van der Waals surface area contributed by atoms with Crippen LogP contribution in [0.2, 0.25) is 0 Å². The van der Waals surface area contributed by atoms with Gasteiger partial charge < -0.3 is 15.5 Å². The summed E-state index contributed by atoms with van der Waals surface area (Å²) in [4.78, 5) is 5.14. The number of hydrogen-bond acceptors (Lipinski definition) is 3. The molecule has 100 valence electrons. The quantitative estimate of drug-likeness (QED) is 0.811. The molecule has 3 atom stereocenters. The summed E-state index contributed by atoms with van der Waals surface area (Å²) in [5, 5.41) is 0. The second kappa shape index (κ2) is 6.17. The molecule has 0 amide bonds. The first kappa shape index (κ1) is 13.3. The van der Waals surface area contributed by atoms with E-state index in [9.17, 15) is 0 Å². The van der Waals surface area contributed by atoms with Gasteiger partial charge in [0.1, 0.15) is 0 Å². The molecule has 0 aromatic rings. The second-order valence-corrected chi connectivity index (χ2v) is 6.28. The minimum absolute atomic E-state index is 0.405. The number of nitrogens with two attached hydrogens (primary N) is 1. The Labute approximate surface area is 106 Å². The van der Waals surface area contributed by atoms with Crippen molar-refractivity contribution in [1.29, 1.82) is 0 Å². The Morgan fingerprint density at radius 2 is 2.06 bits per heavy atom. The van der Waals surface area contributed by atoms with Crippen LogP contribution < -0.4 is 5.73 Å². The molecule has 0 bridgehead atoms. The fourth-order valence-corrected chi connectivity index (χ4v) is 3.54. The normalized spacial score (nSPS) is 37.2. The lowest BCUT2D eigenvalue weighted by Gasteiger charge is -2.38. The van der Waals surface area contributed by atoms with E-state index in [1.165, 1.54) is 51.7 Å². The highest BCUT2D eigenvalue weighted by molar-refractivity contribution is 4.81. The molecule has 3 nitrogen and oxygen atoms in total. The minimum atomic E-state index is 0.405. The van der Waals surface area contributed by atoms with Crippen molar-refractivity contribution in [1.82, 2.24) is 9.80 Å². The SMILES string of the molecule is CC1CC(N)CN(CCC2CCCCN2C)C1. The lowest BCUT2D eigenvalue weighted by molar-refractivity contribution is 0.125. The molecule has 2 aliphatic rings. The molecular weight excluding hydrogens is 210 g/mol. The molecule has 2 saturated heterocycles. The third kappa shape index (κ3) is 3.94. The van der Waals surface area contributed by atoms with E-state index >= 15 is 0 Å². The first-order chi connectivity index (χ1) is 8.15. The van der Waals surface area contributed by atoms with Gasteiger partial charge in [0, 0.05) is 25.2 Å². The van der Waals surface area contributed by atoms with Gasteiger partial charge in [-0.2, -0.15) is 0 Å². The molecule has 2 rings (SSSR count). The van der Waals surface area contributed by atoms with Crippen LogP contribution in [0.4, 0.5) is 0 Å². The zero-order valence-corrected chi connectivity index (χ0v) is 11.6. The van der Waals surface area contributed by atoms with E-state index in [4.69, 9.17) is 5.73 Å². The van der Waals surface area contributed by atoms with Crippen molar-refractivity contribution in [2.24, 2.45) is 11.7 Å². The number of piperidine rings is 2. The van der Waals surface area contributed by atoms with Crippen LogP contribution in [-0.4, -0.2) is 55.1 Å². The monoisotopic (exact) mass is 239 g/mol. The van der Waals surface area contributed by atoms with E-state index in [2.05, 4.69) is 23.8 Å². The van der Waals surface area contributed by atoms with E-state index in [-0.39, 0.29) is 0 Å². The van der Waals surface area contributed by atoms with Gasteiger partial charge in [0.05, 0.1) is 0 Å². The van der Waals surface area contributed by atoms with Gasteiger partial charge in [0.15, 0.2) is 0 Å². The van der Waals surface area contributed by atoms with Gasteiger partial charge in [0.25, 0.3) is 0 Å². The highest BCUT2D eigenvalue weighted by Crippen LogP contribution is 2.20. The molecule has 2 N–H and O–H groups in total. The van der Waals surface area contributed by atoms with Gasteiger partial charge in [0.2, 0.25) is 0 Å². The van der Waals surface area contributed by atoms with Gasteiger partial charge in [-0.1, -0.05) is 13.3 Å². The van der Waals surface area contributed by atoms with E-state index in [0.717, 1.165) is 18.5 Å². The van der Waals surface area contributed by atoms with E-state index in [0.29, 0.717) is 6.04 Å². The summed E-state index contributed by atoms with van der Waals surface area (Å²) in [5.74, 6) is 0.780. The van der Waals surface area contributed by atoms with Crippen molar-refractivity contribution in [3.63, 3.8) is 0 Å². The molecule has 2 fully saturated rings. The second-order valence-electron chi connectivity index (χ2n) is 6.28. The number of nitrogens with zero attached hydrogens (tertiary/aromatic N) is 2. The van der Waals surface area contributed by atoms with Crippen molar-refractivity contribution in [2.45, 2.75) is 51.1 Å². The van der Waals surface area contributed by atoms with Gasteiger partial charge >= 0.3 is 0 Å². The summed E-state index contributed by atoms with van der Waals surface area (Å²) in [6.45, 7) is 7.23. The van der Waals surface area contributed by atoms with Crippen LogP contribution in [0.1, 0.15) is 39.0 Å². The summed E-state index contributed by atoms with van der Waals surface area (Å²) < 4.78 is 0. The molecular formula is C14H29N3. The van der Waals surface area contributed by atoms with Crippen LogP contribution >= 0.6 is 0 Å². The smallest absolute Gasteiger partial charge is 0.0170 e. The average molecular weight is 239 g/mol. The van der Waals surface area contributed by atoms with Crippen LogP contribution in [0, 0.1) is 5.92 Å². The number of likely N-dealkylation sites (tertiary alicyclic amines) is 2. The molecule has 17 heavy (non-hydrogen) atoms. The average Bonchev–Trinajstić information content (AvgIpc) is 2.27. The maximum Gasteiger partial charge on any atom is 0.0170 e. The van der Waals surface area contributed by atoms with Crippen molar-refractivity contribution < 1.29 is 0 Å². The standard InChI is InChI=1S/C14H29N3/c1-12-9-13(15)11-17(10-12)8-6-14-5-3-4-7-16(14)2/h12-14H,3-11,15H2,1-2H3. The van der Waals surface area contributed by atoms with Crippen LogP contribution in [0.3, 0.4) is 0 Å². The summed E-state index contributed by atoms with van der Waals surface area (Å²) >= 11 is 0. The minimum Gasteiger partial charge on any atom is -0.327 e. The van der Waals surface area contributed by atoms with Crippen molar-refractivity contribution in [3.05, 3.63) is 0 Å². The maximum atomic E-state index is 6.10. The summed E-state index contributed by atoms with van der Waals surface area (Å²) in [5.41, 5.74) is 6.10. The molecule has 2 heterocycles. The third-order valence-corrected chi connectivity index (χ3v) is 4.47. The van der Waals surface area contributed by atoms with Crippen LogP contribution in [0.15, 0.2) is 0 Å². The molecule has 3 heteroatoms. The lowest BCUT2D eigenvalue weighted by atomic mass is 9.95. The Hall–Kier alpha value is -0.120. The zero-order chi connectivity index (χ0) is 12.3. The van der Waals surface area contributed by atoms with E-state index < -0.39 is 0 Å². The topological polar surface area (TPSA) is 32.5 Å². The lowest BCUT2D eigenvalue weighted by Crippen LogP contribution is -2.48. The summed E-state index contributed by atoms with van der Waals surface area (Å²) in [6.07, 6.45) is 6.74. The number of rotatable bonds is 3. The Kier molecular flexibility index (Phi) is 4.83. The predicted molar refractivity (Wildman–Crippen MR) is 73.1 cm³/mol. The van der Waals surface area contributed by atoms with Gasteiger partial charge in [-0.15, -0.1) is 0 Å². The fraction of sp³-hybridized carbons (Fsp3) is 1.00. The fourth-order valence-electron chi connectivity index (χ4n) is 3.54. The summed E-state index contributed by atoms with van der Waals surface area (Å²) in [7, 11) is 2.29. The van der Waals surface area contributed by atoms with E-state index in [1.807, 2.05) is 0 Å². The molecule has 0 saturated carbocycles. The summed E-state index contributed by atoms with van der Waals surface area (Å²) in [6, 6.07) is 1.22. The molecule has 3 unspecified atom stereocenters. The van der Waals surface area contributed by atoms with Crippen LogP contribution in [0.5, 0.6) is 0 Å². The first-order valence-corrected chi connectivity index (χ1v) is 7.33. The van der Waals surface area contributed by atoms with Crippen LogP contribution in [0.25, 0.3) is 0 Å².